The Kier molecular flexibility index (Phi) is 5.54. The maximum absolute atomic E-state index is 6.10. The van der Waals surface area contributed by atoms with Crippen molar-refractivity contribution in [2.24, 2.45) is 0 Å². The Bertz CT molecular complexity index is 2470. The molecule has 2 heteroatoms. The summed E-state index contributed by atoms with van der Waals surface area (Å²) in [5.41, 5.74) is 12.6. The minimum absolute atomic E-state index is 0.917. The Morgan fingerprint density at radius 3 is 1.64 bits per heavy atom. The quantitative estimate of drug-likeness (QED) is 0.209. The summed E-state index contributed by atoms with van der Waals surface area (Å²) < 4.78 is 8.51. The van der Waals surface area contributed by atoms with Gasteiger partial charge in [-0.25, -0.2) is 0 Å². The number of aromatic nitrogens is 1. The third kappa shape index (κ3) is 3.96. The fraction of sp³-hybridized carbons (Fsp3) is 0. The van der Waals surface area contributed by atoms with Crippen molar-refractivity contribution in [1.82, 2.24) is 4.57 Å². The zero-order valence-electron chi connectivity index (χ0n) is 23.9. The molecule has 0 aliphatic rings. The molecule has 0 fully saturated rings. The van der Waals surface area contributed by atoms with E-state index in [0.29, 0.717) is 0 Å². The van der Waals surface area contributed by atoms with Gasteiger partial charge in [-0.1, -0.05) is 115 Å². The Morgan fingerprint density at radius 2 is 0.864 bits per heavy atom. The first-order chi connectivity index (χ1) is 21.8. The molecular weight excluding hydrogens is 534 g/mol. The van der Waals surface area contributed by atoms with Gasteiger partial charge in [0.25, 0.3) is 0 Å². The lowest BCUT2D eigenvalue weighted by Gasteiger charge is -2.11. The van der Waals surface area contributed by atoms with Crippen molar-refractivity contribution in [3.8, 4) is 39.1 Å². The van der Waals surface area contributed by atoms with Crippen LogP contribution in [0.15, 0.2) is 168 Å². The summed E-state index contributed by atoms with van der Waals surface area (Å²) in [5.74, 6) is 0. The lowest BCUT2D eigenvalue weighted by atomic mass is 10.00. The van der Waals surface area contributed by atoms with Crippen LogP contribution in [0, 0.1) is 0 Å². The highest BCUT2D eigenvalue weighted by atomic mass is 16.3. The van der Waals surface area contributed by atoms with Crippen LogP contribution in [0.25, 0.3) is 82.8 Å². The van der Waals surface area contributed by atoms with Gasteiger partial charge in [-0.15, -0.1) is 0 Å². The molecule has 0 amide bonds. The molecule has 0 aliphatic heterocycles. The normalized spacial score (nSPS) is 11.6. The molecule has 0 atom stereocenters. The summed E-state index contributed by atoms with van der Waals surface area (Å²) in [4.78, 5) is 0. The van der Waals surface area contributed by atoms with Crippen LogP contribution < -0.4 is 0 Å². The lowest BCUT2D eigenvalue weighted by molar-refractivity contribution is 0.669. The minimum atomic E-state index is 0.917. The summed E-state index contributed by atoms with van der Waals surface area (Å²) in [6.07, 6.45) is 0. The number of fused-ring (bicyclic) bond motifs is 6. The molecular formula is C42H27NO. The van der Waals surface area contributed by atoms with E-state index in [4.69, 9.17) is 4.42 Å². The van der Waals surface area contributed by atoms with Crippen molar-refractivity contribution in [3.05, 3.63) is 164 Å². The molecule has 0 aliphatic carbocycles. The van der Waals surface area contributed by atoms with Gasteiger partial charge in [0.2, 0.25) is 0 Å². The summed E-state index contributed by atoms with van der Waals surface area (Å²) in [6, 6.07) is 58.6. The van der Waals surface area contributed by atoms with Crippen LogP contribution in [0.5, 0.6) is 0 Å². The monoisotopic (exact) mass is 561 g/mol. The molecule has 9 rings (SSSR count). The molecule has 0 unspecified atom stereocenters. The van der Waals surface area contributed by atoms with E-state index >= 15 is 0 Å². The van der Waals surface area contributed by atoms with E-state index in [1.807, 2.05) is 12.1 Å². The predicted octanol–water partition coefficient (Wildman–Crippen LogP) is 11.7. The van der Waals surface area contributed by atoms with Gasteiger partial charge < -0.3 is 8.98 Å². The molecule has 2 heterocycles. The SMILES string of the molecule is c1ccc(-c2ccc(-n3c4ccc(-c5ccc6oc7ccccc7c6c5)cc4c4ccc(-c5ccccc5)cc43)cc2)cc1. The van der Waals surface area contributed by atoms with Crippen LogP contribution in [-0.2, 0) is 0 Å². The van der Waals surface area contributed by atoms with Crippen molar-refractivity contribution in [1.29, 1.82) is 0 Å². The third-order valence-electron chi connectivity index (χ3n) is 8.82. The first-order valence-corrected chi connectivity index (χ1v) is 15.0. The highest BCUT2D eigenvalue weighted by Gasteiger charge is 2.16. The fourth-order valence-electron chi connectivity index (χ4n) is 6.63. The van der Waals surface area contributed by atoms with Crippen LogP contribution in [-0.4, -0.2) is 4.57 Å². The number of hydrogen-bond acceptors (Lipinski definition) is 1. The van der Waals surface area contributed by atoms with E-state index in [1.165, 1.54) is 55.2 Å². The maximum atomic E-state index is 6.10. The van der Waals surface area contributed by atoms with Crippen LogP contribution >= 0.6 is 0 Å². The molecule has 0 N–H and O–H groups in total. The molecule has 7 aromatic carbocycles. The average Bonchev–Trinajstić information content (AvgIpc) is 3.63. The lowest BCUT2D eigenvalue weighted by Crippen LogP contribution is -1.94. The Labute approximate surface area is 255 Å². The standard InChI is InChI=1S/C42H27NO/c1-3-9-28(10-4-1)30-15-20-34(21-16-30)43-39-23-18-31(32-19-24-42-38(26-32)36-13-7-8-14-41(36)44-42)25-37(39)35-22-17-33(27-40(35)43)29-11-5-2-6-12-29/h1-27H. The van der Waals surface area contributed by atoms with E-state index in [0.717, 1.165) is 27.6 Å². The van der Waals surface area contributed by atoms with Gasteiger partial charge in [0.15, 0.2) is 0 Å². The first kappa shape index (κ1) is 24.7. The number of nitrogens with zero attached hydrogens (tertiary/aromatic N) is 1. The highest BCUT2D eigenvalue weighted by Crippen LogP contribution is 2.39. The molecule has 44 heavy (non-hydrogen) atoms. The summed E-state index contributed by atoms with van der Waals surface area (Å²) in [7, 11) is 0. The van der Waals surface area contributed by atoms with Crippen molar-refractivity contribution in [2.75, 3.05) is 0 Å². The Balaban J connectivity index is 1.24. The van der Waals surface area contributed by atoms with Crippen molar-refractivity contribution in [2.45, 2.75) is 0 Å². The first-order valence-electron chi connectivity index (χ1n) is 15.0. The number of hydrogen-bond donors (Lipinski definition) is 0. The highest BCUT2D eigenvalue weighted by molar-refractivity contribution is 6.12. The van der Waals surface area contributed by atoms with Gasteiger partial charge in [0.05, 0.1) is 11.0 Å². The van der Waals surface area contributed by atoms with Gasteiger partial charge in [-0.05, 0) is 81.9 Å². The van der Waals surface area contributed by atoms with Gasteiger partial charge in [0, 0.05) is 27.2 Å². The zero-order chi connectivity index (χ0) is 29.0. The van der Waals surface area contributed by atoms with Gasteiger partial charge in [-0.2, -0.15) is 0 Å². The number of furan rings is 1. The van der Waals surface area contributed by atoms with E-state index < -0.39 is 0 Å². The molecule has 0 bridgehead atoms. The molecule has 2 nitrogen and oxygen atoms in total. The molecule has 0 spiro atoms. The van der Waals surface area contributed by atoms with E-state index in [2.05, 4.69) is 156 Å². The molecule has 0 saturated carbocycles. The second-order valence-electron chi connectivity index (χ2n) is 11.4. The largest absolute Gasteiger partial charge is 0.456 e. The van der Waals surface area contributed by atoms with Crippen LogP contribution in [0.1, 0.15) is 0 Å². The number of benzene rings is 7. The van der Waals surface area contributed by atoms with Crippen LogP contribution in [0.4, 0.5) is 0 Å². The van der Waals surface area contributed by atoms with Gasteiger partial charge >= 0.3 is 0 Å². The Morgan fingerprint density at radius 1 is 0.318 bits per heavy atom. The summed E-state index contributed by atoms with van der Waals surface area (Å²) >= 11 is 0. The third-order valence-corrected chi connectivity index (χ3v) is 8.82. The number of rotatable bonds is 4. The summed E-state index contributed by atoms with van der Waals surface area (Å²) in [6.45, 7) is 0. The van der Waals surface area contributed by atoms with Crippen LogP contribution in [0.2, 0.25) is 0 Å². The summed E-state index contributed by atoms with van der Waals surface area (Å²) in [5, 5.41) is 4.77. The average molecular weight is 562 g/mol. The van der Waals surface area contributed by atoms with Crippen molar-refractivity contribution < 1.29 is 4.42 Å². The minimum Gasteiger partial charge on any atom is -0.456 e. The number of para-hydroxylation sites is 1. The van der Waals surface area contributed by atoms with E-state index in [-0.39, 0.29) is 0 Å². The predicted molar refractivity (Wildman–Crippen MR) is 184 cm³/mol. The van der Waals surface area contributed by atoms with E-state index in [1.54, 1.807) is 0 Å². The topological polar surface area (TPSA) is 18.1 Å². The maximum Gasteiger partial charge on any atom is 0.135 e. The van der Waals surface area contributed by atoms with Crippen LogP contribution in [0.3, 0.4) is 0 Å². The fourth-order valence-corrected chi connectivity index (χ4v) is 6.63. The van der Waals surface area contributed by atoms with Gasteiger partial charge in [-0.3, -0.25) is 0 Å². The second kappa shape index (κ2) is 9.86. The smallest absolute Gasteiger partial charge is 0.135 e. The van der Waals surface area contributed by atoms with Gasteiger partial charge in [0.1, 0.15) is 11.2 Å². The van der Waals surface area contributed by atoms with Crippen molar-refractivity contribution in [3.63, 3.8) is 0 Å². The molecule has 0 saturated heterocycles. The molecule has 206 valence electrons. The van der Waals surface area contributed by atoms with E-state index in [9.17, 15) is 0 Å². The molecule has 2 aromatic heterocycles. The Hall–Kier alpha value is -5.86. The van der Waals surface area contributed by atoms with Crippen molar-refractivity contribution >= 4 is 43.7 Å². The zero-order valence-corrected chi connectivity index (χ0v) is 23.9. The molecule has 9 aromatic rings. The molecule has 0 radical (unpaired) electrons. The second-order valence-corrected chi connectivity index (χ2v) is 11.4.